The van der Waals surface area contributed by atoms with E-state index in [1.165, 1.54) is 69.2 Å². The summed E-state index contributed by atoms with van der Waals surface area (Å²) in [6, 6.07) is 2.97. The Hall–Kier alpha value is 0.01000. The van der Waals surface area contributed by atoms with Gasteiger partial charge in [-0.05, 0) is 61.0 Å². The molecule has 0 amide bonds. The van der Waals surface area contributed by atoms with Crippen molar-refractivity contribution in [3.63, 3.8) is 0 Å². The van der Waals surface area contributed by atoms with Crippen molar-refractivity contribution in [1.82, 2.24) is 5.32 Å². The molecule has 0 saturated heterocycles. The summed E-state index contributed by atoms with van der Waals surface area (Å²) in [5.74, 6) is 1.30. The summed E-state index contributed by atoms with van der Waals surface area (Å²) < 4.78 is 0. The summed E-state index contributed by atoms with van der Waals surface area (Å²) in [6.07, 6.45) is 11.0. The molecule has 1 atom stereocenters. The van der Waals surface area contributed by atoms with E-state index >= 15 is 0 Å². The average Bonchev–Trinajstić information content (AvgIpc) is 3.01. The van der Waals surface area contributed by atoms with Crippen molar-refractivity contribution in [3.8, 4) is 0 Å². The minimum atomic E-state index is 0.696. The number of rotatable bonds is 9. The normalized spacial score (nSPS) is 18.2. The van der Waals surface area contributed by atoms with Crippen LogP contribution in [0, 0.1) is 0 Å². The van der Waals surface area contributed by atoms with Gasteiger partial charge in [0, 0.05) is 17.0 Å². The van der Waals surface area contributed by atoms with Crippen LogP contribution in [0.4, 0.5) is 0 Å². The predicted molar refractivity (Wildman–Crippen MR) is 94.1 cm³/mol. The first kappa shape index (κ1) is 16.4. The van der Waals surface area contributed by atoms with Crippen molar-refractivity contribution in [1.29, 1.82) is 0 Å². The molecule has 0 aliphatic heterocycles. The van der Waals surface area contributed by atoms with Crippen LogP contribution in [0.2, 0.25) is 0 Å². The molecule has 20 heavy (non-hydrogen) atoms. The van der Waals surface area contributed by atoms with Gasteiger partial charge in [0.25, 0.3) is 0 Å². The summed E-state index contributed by atoms with van der Waals surface area (Å²) in [7, 11) is 0. The maximum absolute atomic E-state index is 3.75. The topological polar surface area (TPSA) is 12.0 Å². The van der Waals surface area contributed by atoms with Gasteiger partial charge in [-0.1, -0.05) is 26.2 Å². The van der Waals surface area contributed by atoms with Crippen LogP contribution in [-0.2, 0) is 6.42 Å². The van der Waals surface area contributed by atoms with Gasteiger partial charge in [-0.3, -0.25) is 0 Å². The molecule has 1 N–H and O–H groups in total. The lowest BCUT2D eigenvalue weighted by Gasteiger charge is -2.24. The van der Waals surface area contributed by atoms with Gasteiger partial charge in [-0.2, -0.15) is 23.1 Å². The van der Waals surface area contributed by atoms with Gasteiger partial charge >= 0.3 is 0 Å². The standard InChI is InChI=1S/C17H29NS2/c1-2-11-18-16(9-8-15-10-12-19-13-15)14-20-17-6-4-3-5-7-17/h10,12-13,16-18H,2-9,11,14H2,1H3. The van der Waals surface area contributed by atoms with E-state index in [-0.39, 0.29) is 0 Å². The van der Waals surface area contributed by atoms with Crippen LogP contribution in [0.3, 0.4) is 0 Å². The van der Waals surface area contributed by atoms with Crippen molar-refractivity contribution in [3.05, 3.63) is 22.4 Å². The summed E-state index contributed by atoms with van der Waals surface area (Å²) in [4.78, 5) is 0. The van der Waals surface area contributed by atoms with Gasteiger partial charge in [0.2, 0.25) is 0 Å². The van der Waals surface area contributed by atoms with Gasteiger partial charge in [0.1, 0.15) is 0 Å². The Labute approximate surface area is 132 Å². The lowest BCUT2D eigenvalue weighted by Crippen LogP contribution is -2.33. The highest BCUT2D eigenvalue weighted by atomic mass is 32.2. The van der Waals surface area contributed by atoms with E-state index in [1.807, 2.05) is 11.3 Å². The number of hydrogen-bond donors (Lipinski definition) is 1. The highest BCUT2D eigenvalue weighted by molar-refractivity contribution is 7.99. The molecule has 0 aromatic carbocycles. The Kier molecular flexibility index (Phi) is 8.07. The van der Waals surface area contributed by atoms with E-state index in [0.717, 1.165) is 5.25 Å². The zero-order chi connectivity index (χ0) is 14.0. The van der Waals surface area contributed by atoms with Gasteiger partial charge in [-0.25, -0.2) is 0 Å². The van der Waals surface area contributed by atoms with Gasteiger partial charge in [0.05, 0.1) is 0 Å². The molecule has 1 unspecified atom stereocenters. The average molecular weight is 312 g/mol. The van der Waals surface area contributed by atoms with Crippen LogP contribution in [0.1, 0.15) is 57.4 Å². The van der Waals surface area contributed by atoms with Gasteiger partial charge < -0.3 is 5.32 Å². The first-order valence-corrected chi connectivity index (χ1v) is 10.2. The number of nitrogens with one attached hydrogen (secondary N) is 1. The molecule has 0 spiro atoms. The molecule has 3 heteroatoms. The molecule has 1 aromatic heterocycles. The third-order valence-corrected chi connectivity index (χ3v) is 6.40. The fourth-order valence-corrected chi connectivity index (χ4v) is 5.01. The first-order valence-electron chi connectivity index (χ1n) is 8.24. The monoisotopic (exact) mass is 311 g/mol. The minimum Gasteiger partial charge on any atom is -0.313 e. The molecular formula is C17H29NS2. The minimum absolute atomic E-state index is 0.696. The van der Waals surface area contributed by atoms with Crippen molar-refractivity contribution < 1.29 is 0 Å². The molecule has 2 rings (SSSR count). The Morgan fingerprint density at radius 2 is 2.20 bits per heavy atom. The van der Waals surface area contributed by atoms with E-state index < -0.39 is 0 Å². The van der Waals surface area contributed by atoms with Crippen LogP contribution in [0.25, 0.3) is 0 Å². The lowest BCUT2D eigenvalue weighted by atomic mass is 10.0. The van der Waals surface area contributed by atoms with Crippen LogP contribution in [0.5, 0.6) is 0 Å². The molecule has 1 aromatic rings. The zero-order valence-corrected chi connectivity index (χ0v) is 14.4. The maximum atomic E-state index is 3.75. The molecule has 1 nitrogen and oxygen atoms in total. The second-order valence-electron chi connectivity index (χ2n) is 5.91. The third-order valence-electron chi connectivity index (χ3n) is 4.13. The smallest absolute Gasteiger partial charge is 0.0161 e. The third kappa shape index (κ3) is 6.19. The quantitative estimate of drug-likeness (QED) is 0.679. The molecule has 1 aliphatic carbocycles. The number of hydrogen-bond acceptors (Lipinski definition) is 3. The Bertz CT molecular complexity index is 331. The molecule has 0 radical (unpaired) electrons. The van der Waals surface area contributed by atoms with Crippen molar-refractivity contribution in [2.24, 2.45) is 0 Å². The van der Waals surface area contributed by atoms with Crippen LogP contribution in [0.15, 0.2) is 16.8 Å². The van der Waals surface area contributed by atoms with Crippen LogP contribution in [-0.4, -0.2) is 23.6 Å². The highest BCUT2D eigenvalue weighted by Crippen LogP contribution is 2.29. The Balaban J connectivity index is 1.70. The second-order valence-corrected chi connectivity index (χ2v) is 8.03. The summed E-state index contributed by atoms with van der Waals surface area (Å²) in [5, 5.41) is 9.19. The largest absolute Gasteiger partial charge is 0.313 e. The predicted octanol–water partition coefficient (Wildman–Crippen LogP) is 5.11. The molecule has 1 saturated carbocycles. The van der Waals surface area contributed by atoms with Gasteiger partial charge in [-0.15, -0.1) is 0 Å². The number of thiophene rings is 1. The zero-order valence-electron chi connectivity index (χ0n) is 12.8. The first-order chi connectivity index (χ1) is 9.88. The fourth-order valence-electron chi connectivity index (χ4n) is 2.85. The Morgan fingerprint density at radius 1 is 1.35 bits per heavy atom. The molecule has 1 fully saturated rings. The number of thioether (sulfide) groups is 1. The van der Waals surface area contributed by atoms with E-state index in [0.29, 0.717) is 6.04 Å². The van der Waals surface area contributed by atoms with E-state index in [1.54, 1.807) is 0 Å². The Morgan fingerprint density at radius 3 is 2.90 bits per heavy atom. The van der Waals surface area contributed by atoms with Crippen LogP contribution >= 0.6 is 23.1 Å². The molecular weight excluding hydrogens is 282 g/mol. The summed E-state index contributed by atoms with van der Waals surface area (Å²) in [6.45, 7) is 3.43. The van der Waals surface area contributed by atoms with E-state index in [9.17, 15) is 0 Å². The fraction of sp³-hybridized carbons (Fsp3) is 0.765. The van der Waals surface area contributed by atoms with Gasteiger partial charge in [0.15, 0.2) is 0 Å². The highest BCUT2D eigenvalue weighted by Gasteiger charge is 2.16. The van der Waals surface area contributed by atoms with Crippen LogP contribution < -0.4 is 5.32 Å². The number of aryl methyl sites for hydroxylation is 1. The molecule has 0 bridgehead atoms. The van der Waals surface area contributed by atoms with Crippen molar-refractivity contribution in [2.45, 2.75) is 69.6 Å². The molecule has 1 aliphatic rings. The lowest BCUT2D eigenvalue weighted by molar-refractivity contribution is 0.504. The SMILES string of the molecule is CCCNC(CCc1ccsc1)CSC1CCCCC1. The van der Waals surface area contributed by atoms with Crippen molar-refractivity contribution in [2.75, 3.05) is 12.3 Å². The summed E-state index contributed by atoms with van der Waals surface area (Å²) in [5.41, 5.74) is 1.51. The van der Waals surface area contributed by atoms with Crippen molar-refractivity contribution >= 4 is 23.1 Å². The maximum Gasteiger partial charge on any atom is 0.0161 e. The summed E-state index contributed by atoms with van der Waals surface area (Å²) >= 11 is 4.05. The molecule has 1 heterocycles. The van der Waals surface area contributed by atoms with E-state index in [4.69, 9.17) is 0 Å². The van der Waals surface area contributed by atoms with E-state index in [2.05, 4.69) is 40.8 Å². The second kappa shape index (κ2) is 9.86. The molecule has 114 valence electrons.